The monoisotopic (exact) mass is 460 g/mol. The molecule has 3 atom stereocenters. The molecule has 1 aliphatic rings. The smallest absolute Gasteiger partial charge is 0.406 e. The number of ether oxygens (including phenoxy) is 1. The highest BCUT2D eigenvalue weighted by Crippen LogP contribution is 2.33. The van der Waals surface area contributed by atoms with Crippen LogP contribution in [0.15, 0.2) is 28.6 Å². The molecule has 1 aliphatic heterocycles. The molecule has 0 saturated carbocycles. The van der Waals surface area contributed by atoms with E-state index in [4.69, 9.17) is 0 Å². The highest BCUT2D eigenvalue weighted by atomic mass is 32.2. The molecule has 11 heteroatoms. The van der Waals surface area contributed by atoms with E-state index in [1.807, 2.05) is 11.8 Å². The molecule has 1 saturated heterocycles. The number of amides is 1. The van der Waals surface area contributed by atoms with Crippen LogP contribution in [0.5, 0.6) is 5.75 Å². The van der Waals surface area contributed by atoms with Gasteiger partial charge in [-0.2, -0.15) is 0 Å². The molecule has 1 aromatic heterocycles. The Kier molecular flexibility index (Phi) is 7.12. The molecule has 1 fully saturated rings. The van der Waals surface area contributed by atoms with Gasteiger partial charge in [-0.25, -0.2) is 0 Å². The molecule has 1 aromatic carbocycles. The van der Waals surface area contributed by atoms with Crippen LogP contribution in [0, 0.1) is 0 Å². The topological polar surface area (TPSA) is 67.4 Å². The zero-order valence-corrected chi connectivity index (χ0v) is 18.4. The van der Waals surface area contributed by atoms with Crippen LogP contribution in [0.4, 0.5) is 24.0 Å². The van der Waals surface area contributed by atoms with Crippen LogP contribution in [0.2, 0.25) is 0 Å². The second-order valence-electron chi connectivity index (χ2n) is 7.20. The first kappa shape index (κ1) is 22.7. The molecule has 1 amide bonds. The van der Waals surface area contributed by atoms with Crippen molar-refractivity contribution in [1.29, 1.82) is 0 Å². The predicted molar refractivity (Wildman–Crippen MR) is 111 cm³/mol. The third kappa shape index (κ3) is 6.00. The number of piperidine rings is 1. The van der Waals surface area contributed by atoms with Gasteiger partial charge in [-0.3, -0.25) is 4.79 Å². The molecule has 2 aromatic rings. The van der Waals surface area contributed by atoms with Crippen molar-refractivity contribution in [2.75, 3.05) is 5.32 Å². The predicted octanol–water partition coefficient (Wildman–Crippen LogP) is 5.45. The summed E-state index contributed by atoms with van der Waals surface area (Å²) in [4.78, 5) is 14.9. The minimum Gasteiger partial charge on any atom is -0.406 e. The molecule has 0 spiro atoms. The molecule has 164 valence electrons. The molecule has 0 aliphatic carbocycles. The zero-order valence-electron chi connectivity index (χ0n) is 16.8. The van der Waals surface area contributed by atoms with Gasteiger partial charge in [0.05, 0.1) is 5.25 Å². The normalized spacial score (nSPS) is 20.7. The van der Waals surface area contributed by atoms with Gasteiger partial charge >= 0.3 is 6.36 Å². The van der Waals surface area contributed by atoms with E-state index in [-0.39, 0.29) is 29.0 Å². The van der Waals surface area contributed by atoms with Crippen molar-refractivity contribution in [3.05, 3.63) is 24.3 Å². The first-order chi connectivity index (χ1) is 14.1. The van der Waals surface area contributed by atoms with Gasteiger partial charge in [-0.15, -0.1) is 23.4 Å². The van der Waals surface area contributed by atoms with E-state index in [9.17, 15) is 18.0 Å². The summed E-state index contributed by atoms with van der Waals surface area (Å²) in [6.45, 7) is 6.04. The minimum absolute atomic E-state index is 0.102. The van der Waals surface area contributed by atoms with Gasteiger partial charge in [0.2, 0.25) is 11.0 Å². The van der Waals surface area contributed by atoms with Gasteiger partial charge in [-0.1, -0.05) is 23.1 Å². The Hall–Kier alpha value is -2.01. The quantitative estimate of drug-likeness (QED) is 0.578. The average Bonchev–Trinajstić information content (AvgIpc) is 3.08. The molecular formula is C19H23F3N4O2S2. The molecule has 0 radical (unpaired) electrons. The number of hydrogen-bond acceptors (Lipinski definition) is 7. The second kappa shape index (κ2) is 9.42. The van der Waals surface area contributed by atoms with Crippen LogP contribution in [0.3, 0.4) is 0 Å². The highest BCUT2D eigenvalue weighted by Gasteiger charge is 2.33. The maximum atomic E-state index is 12.9. The highest BCUT2D eigenvalue weighted by molar-refractivity contribution is 8.02. The number of nitrogens with zero attached hydrogens (tertiary/aromatic N) is 3. The first-order valence-electron chi connectivity index (χ1n) is 9.57. The maximum absolute atomic E-state index is 12.9. The summed E-state index contributed by atoms with van der Waals surface area (Å²) in [5.74, 6) is -0.195. The lowest BCUT2D eigenvalue weighted by Crippen LogP contribution is -2.50. The number of halogens is 3. The lowest BCUT2D eigenvalue weighted by Gasteiger charge is -2.40. The van der Waals surface area contributed by atoms with Gasteiger partial charge in [0.1, 0.15) is 5.75 Å². The summed E-state index contributed by atoms with van der Waals surface area (Å²) in [6.07, 6.45) is -1.54. The summed E-state index contributed by atoms with van der Waals surface area (Å²) in [6, 6.07) is 5.82. The van der Waals surface area contributed by atoms with Crippen LogP contribution < -0.4 is 10.1 Å². The van der Waals surface area contributed by atoms with Crippen molar-refractivity contribution in [2.45, 2.75) is 68.1 Å². The van der Waals surface area contributed by atoms with Gasteiger partial charge in [0, 0.05) is 17.8 Å². The Labute approximate surface area is 181 Å². The molecule has 0 bridgehead atoms. The summed E-state index contributed by atoms with van der Waals surface area (Å²) in [5.41, 5.74) is 0.553. The van der Waals surface area contributed by atoms with Crippen LogP contribution in [0.25, 0.3) is 0 Å². The fourth-order valence-electron chi connectivity index (χ4n) is 3.44. The number of rotatable bonds is 6. The van der Waals surface area contributed by atoms with Gasteiger partial charge in [0.15, 0.2) is 4.34 Å². The Morgan fingerprint density at radius 3 is 2.47 bits per heavy atom. The fraction of sp³-hybridized carbons (Fsp3) is 0.526. The molecule has 1 N–H and O–H groups in total. The zero-order chi connectivity index (χ0) is 21.9. The van der Waals surface area contributed by atoms with Crippen molar-refractivity contribution < 1.29 is 22.7 Å². The van der Waals surface area contributed by atoms with Crippen molar-refractivity contribution in [3.8, 4) is 5.75 Å². The lowest BCUT2D eigenvalue weighted by atomic mass is 9.97. The number of thioether (sulfide) groups is 1. The van der Waals surface area contributed by atoms with E-state index in [2.05, 4.69) is 34.1 Å². The number of alkyl halides is 3. The van der Waals surface area contributed by atoms with Crippen LogP contribution in [-0.4, -0.2) is 44.7 Å². The van der Waals surface area contributed by atoms with E-state index < -0.39 is 6.36 Å². The van der Waals surface area contributed by atoms with E-state index in [1.165, 1.54) is 47.4 Å². The Morgan fingerprint density at radius 2 is 1.87 bits per heavy atom. The van der Waals surface area contributed by atoms with Crippen LogP contribution >= 0.6 is 23.1 Å². The number of aromatic nitrogens is 2. The van der Waals surface area contributed by atoms with Gasteiger partial charge < -0.3 is 15.0 Å². The van der Waals surface area contributed by atoms with E-state index in [1.54, 1.807) is 0 Å². The van der Waals surface area contributed by atoms with Crippen LogP contribution in [0.1, 0.15) is 40.0 Å². The first-order valence-corrected chi connectivity index (χ1v) is 11.3. The van der Waals surface area contributed by atoms with Crippen molar-refractivity contribution in [3.63, 3.8) is 0 Å². The average molecular weight is 461 g/mol. The summed E-state index contributed by atoms with van der Waals surface area (Å²) in [7, 11) is 0. The Balaban J connectivity index is 1.57. The standard InChI is InChI=1S/C19H23F3N4O2S2/c1-11-5-4-6-12(2)26(11)16(27)13(3)29-18-25-24-17(30-18)23-14-7-9-15(10-8-14)28-19(20,21)22/h7-13H,4-6H2,1-3H3,(H,23,24). The fourth-order valence-corrected chi connectivity index (χ4v) is 5.41. The lowest BCUT2D eigenvalue weighted by molar-refractivity contribution is -0.274. The van der Waals surface area contributed by atoms with Crippen molar-refractivity contribution in [1.82, 2.24) is 15.1 Å². The Morgan fingerprint density at radius 1 is 1.23 bits per heavy atom. The van der Waals surface area contributed by atoms with Gasteiger partial charge in [-0.05, 0) is 64.3 Å². The van der Waals surface area contributed by atoms with E-state index >= 15 is 0 Å². The molecule has 30 heavy (non-hydrogen) atoms. The van der Waals surface area contributed by atoms with E-state index in [0.29, 0.717) is 15.2 Å². The summed E-state index contributed by atoms with van der Waals surface area (Å²) < 4.78 is 41.2. The number of carbonyl (C=O) groups is 1. The third-order valence-electron chi connectivity index (χ3n) is 4.82. The largest absolute Gasteiger partial charge is 0.573 e. The number of hydrogen-bond donors (Lipinski definition) is 1. The number of anilines is 2. The molecule has 2 heterocycles. The summed E-state index contributed by atoms with van der Waals surface area (Å²) in [5, 5.41) is 11.4. The second-order valence-corrected chi connectivity index (χ2v) is 9.77. The van der Waals surface area contributed by atoms with Crippen LogP contribution in [-0.2, 0) is 4.79 Å². The molecule has 3 unspecified atom stereocenters. The number of likely N-dealkylation sites (tertiary alicyclic amines) is 1. The van der Waals surface area contributed by atoms with Crippen molar-refractivity contribution >= 4 is 39.8 Å². The SMILES string of the molecule is CC(Sc1nnc(Nc2ccc(OC(F)(F)F)cc2)s1)C(=O)N1C(C)CCCC1C. The number of nitrogens with one attached hydrogen (secondary N) is 1. The number of benzene rings is 1. The number of carbonyl (C=O) groups excluding carboxylic acids is 1. The maximum Gasteiger partial charge on any atom is 0.573 e. The molecule has 6 nitrogen and oxygen atoms in total. The van der Waals surface area contributed by atoms with Gasteiger partial charge in [0.25, 0.3) is 0 Å². The molecular weight excluding hydrogens is 437 g/mol. The Bertz CT molecular complexity index is 850. The minimum atomic E-state index is -4.72. The molecule has 3 rings (SSSR count). The third-order valence-corrected chi connectivity index (χ3v) is 6.83. The van der Waals surface area contributed by atoms with E-state index in [0.717, 1.165) is 19.3 Å². The van der Waals surface area contributed by atoms with Crippen molar-refractivity contribution in [2.24, 2.45) is 0 Å². The summed E-state index contributed by atoms with van der Waals surface area (Å²) >= 11 is 2.64.